The maximum absolute atomic E-state index is 7.21. The van der Waals surface area contributed by atoms with Crippen LogP contribution in [0.1, 0.15) is 107 Å². The summed E-state index contributed by atoms with van der Waals surface area (Å²) in [6.07, 6.45) is 11.5. The van der Waals surface area contributed by atoms with Gasteiger partial charge in [0.15, 0.2) is 0 Å². The molecule has 0 amide bonds. The van der Waals surface area contributed by atoms with Crippen molar-refractivity contribution < 1.29 is 4.74 Å². The maximum atomic E-state index is 7.21. The first-order chi connectivity index (χ1) is 11.4. The van der Waals surface area contributed by atoms with Crippen molar-refractivity contribution in [3.05, 3.63) is 0 Å². The smallest absolute Gasteiger partial charge is 0.0712 e. The minimum absolute atomic E-state index is 0.0478. The lowest BCUT2D eigenvalue weighted by Gasteiger charge is -2.63. The predicted octanol–water partition coefficient (Wildman–Crippen LogP) is 7.24. The third-order valence-corrected chi connectivity index (χ3v) is 8.00. The molecule has 4 aliphatic carbocycles. The van der Waals surface area contributed by atoms with Crippen molar-refractivity contribution in [2.75, 3.05) is 0 Å². The van der Waals surface area contributed by atoms with Crippen LogP contribution in [-0.2, 0) is 4.74 Å². The first-order valence-corrected chi connectivity index (χ1v) is 11.0. The van der Waals surface area contributed by atoms with Crippen molar-refractivity contribution in [3.63, 3.8) is 0 Å². The molecule has 4 aliphatic rings. The highest BCUT2D eigenvalue weighted by Crippen LogP contribution is 2.65. The topological polar surface area (TPSA) is 9.23 Å². The monoisotopic (exact) mass is 348 g/mol. The van der Waals surface area contributed by atoms with Gasteiger partial charge in [-0.3, -0.25) is 0 Å². The molecule has 146 valence electrons. The fraction of sp³-hybridized carbons (Fsp3) is 1.00. The second-order valence-corrected chi connectivity index (χ2v) is 12.5. The minimum atomic E-state index is 0.0478. The summed E-state index contributed by atoms with van der Waals surface area (Å²) in [6.45, 7) is 19.1. The van der Waals surface area contributed by atoms with Crippen molar-refractivity contribution in [1.29, 1.82) is 0 Å². The molecule has 4 rings (SSSR count). The van der Waals surface area contributed by atoms with E-state index in [9.17, 15) is 0 Å². The molecular formula is C24H44O. The molecule has 0 aromatic carbocycles. The van der Waals surface area contributed by atoms with E-state index in [4.69, 9.17) is 4.74 Å². The molecule has 2 unspecified atom stereocenters. The van der Waals surface area contributed by atoms with Crippen LogP contribution in [0, 0.1) is 34.0 Å². The van der Waals surface area contributed by atoms with Crippen LogP contribution in [0.15, 0.2) is 0 Å². The Bertz CT molecular complexity index is 442. The van der Waals surface area contributed by atoms with E-state index in [1.165, 1.54) is 38.5 Å². The van der Waals surface area contributed by atoms with Crippen LogP contribution < -0.4 is 0 Å². The molecule has 4 bridgehead atoms. The summed E-state index contributed by atoms with van der Waals surface area (Å²) in [5.41, 5.74) is 1.02. The van der Waals surface area contributed by atoms with Crippen LogP contribution in [0.5, 0.6) is 0 Å². The van der Waals surface area contributed by atoms with Crippen LogP contribution in [0.2, 0.25) is 0 Å². The highest BCUT2D eigenvalue weighted by molar-refractivity contribution is 5.09. The Balaban J connectivity index is 1.86. The SMILES string of the molecule is CCC(C)(OC(CC(C)(C)C)C(C)(C)C)C12CC3CC(CC(C3)C1)C2. The molecule has 0 saturated heterocycles. The summed E-state index contributed by atoms with van der Waals surface area (Å²) in [5, 5.41) is 0. The molecule has 1 heteroatoms. The third kappa shape index (κ3) is 3.83. The first-order valence-electron chi connectivity index (χ1n) is 11.0. The Morgan fingerprint density at radius 3 is 1.60 bits per heavy atom. The van der Waals surface area contributed by atoms with Gasteiger partial charge in [-0.2, -0.15) is 0 Å². The lowest BCUT2D eigenvalue weighted by molar-refractivity contribution is -0.236. The zero-order valence-electron chi connectivity index (χ0n) is 18.4. The van der Waals surface area contributed by atoms with Crippen LogP contribution in [0.3, 0.4) is 0 Å². The van der Waals surface area contributed by atoms with E-state index in [1.54, 1.807) is 0 Å². The van der Waals surface area contributed by atoms with E-state index >= 15 is 0 Å². The molecule has 4 fully saturated rings. The highest BCUT2D eigenvalue weighted by Gasteiger charge is 2.59. The van der Waals surface area contributed by atoms with Gasteiger partial charge in [-0.25, -0.2) is 0 Å². The second kappa shape index (κ2) is 6.25. The van der Waals surface area contributed by atoms with E-state index in [-0.39, 0.29) is 11.0 Å². The standard InChI is InChI=1S/C24H44O/c1-9-23(8,25-20(22(5,6)7)16-21(2,3)4)24-13-17-10-18(14-24)12-19(11-17)15-24/h17-20H,9-16H2,1-8H3. The molecule has 0 N–H and O–H groups in total. The number of ether oxygens (including phenoxy) is 1. The lowest BCUT2D eigenvalue weighted by Crippen LogP contribution is -2.59. The van der Waals surface area contributed by atoms with Crippen molar-refractivity contribution >= 4 is 0 Å². The Morgan fingerprint density at radius 2 is 1.28 bits per heavy atom. The molecule has 0 radical (unpaired) electrons. The van der Waals surface area contributed by atoms with Crippen molar-refractivity contribution in [2.45, 2.75) is 118 Å². The fourth-order valence-corrected chi connectivity index (χ4v) is 6.74. The molecule has 0 heterocycles. The lowest BCUT2D eigenvalue weighted by atomic mass is 9.45. The number of hydrogen-bond donors (Lipinski definition) is 0. The van der Waals surface area contributed by atoms with Gasteiger partial charge in [0, 0.05) is 0 Å². The van der Waals surface area contributed by atoms with Gasteiger partial charge in [0.2, 0.25) is 0 Å². The molecule has 25 heavy (non-hydrogen) atoms. The Morgan fingerprint density at radius 1 is 0.840 bits per heavy atom. The third-order valence-electron chi connectivity index (χ3n) is 8.00. The van der Waals surface area contributed by atoms with E-state index in [0.717, 1.165) is 30.6 Å². The molecule has 0 aromatic rings. The van der Waals surface area contributed by atoms with Crippen LogP contribution in [0.4, 0.5) is 0 Å². The summed E-state index contributed by atoms with van der Waals surface area (Å²) in [6, 6.07) is 0. The maximum Gasteiger partial charge on any atom is 0.0712 e. The van der Waals surface area contributed by atoms with Gasteiger partial charge in [0.1, 0.15) is 0 Å². The molecule has 0 aliphatic heterocycles. The van der Waals surface area contributed by atoms with E-state index in [0.29, 0.717) is 16.9 Å². The molecule has 2 atom stereocenters. The highest BCUT2D eigenvalue weighted by atomic mass is 16.5. The van der Waals surface area contributed by atoms with Crippen molar-refractivity contribution in [3.8, 4) is 0 Å². The van der Waals surface area contributed by atoms with E-state index < -0.39 is 0 Å². The predicted molar refractivity (Wildman–Crippen MR) is 108 cm³/mol. The fourth-order valence-electron chi connectivity index (χ4n) is 6.74. The van der Waals surface area contributed by atoms with Crippen LogP contribution >= 0.6 is 0 Å². The molecular weight excluding hydrogens is 304 g/mol. The molecule has 4 saturated carbocycles. The number of rotatable bonds is 5. The Kier molecular flexibility index (Phi) is 4.93. The summed E-state index contributed by atoms with van der Waals surface area (Å²) in [4.78, 5) is 0. The van der Waals surface area contributed by atoms with Gasteiger partial charge in [-0.1, -0.05) is 48.5 Å². The number of hydrogen-bond acceptors (Lipinski definition) is 1. The van der Waals surface area contributed by atoms with Gasteiger partial charge >= 0.3 is 0 Å². The second-order valence-electron chi connectivity index (χ2n) is 12.5. The summed E-state index contributed by atoms with van der Waals surface area (Å²) < 4.78 is 7.21. The van der Waals surface area contributed by atoms with E-state index in [2.05, 4.69) is 55.4 Å². The van der Waals surface area contributed by atoms with Crippen LogP contribution in [0.25, 0.3) is 0 Å². The van der Waals surface area contributed by atoms with Crippen molar-refractivity contribution in [2.24, 2.45) is 34.0 Å². The Labute approximate surface area is 157 Å². The van der Waals surface area contributed by atoms with Crippen LogP contribution in [-0.4, -0.2) is 11.7 Å². The minimum Gasteiger partial charge on any atom is -0.371 e. The average Bonchev–Trinajstić information content (AvgIpc) is 2.42. The molecule has 1 nitrogen and oxygen atoms in total. The van der Waals surface area contributed by atoms with E-state index in [1.807, 2.05) is 0 Å². The zero-order valence-corrected chi connectivity index (χ0v) is 18.4. The average molecular weight is 349 g/mol. The van der Waals surface area contributed by atoms with Gasteiger partial charge in [-0.15, -0.1) is 0 Å². The molecule has 0 aromatic heterocycles. The summed E-state index contributed by atoms with van der Waals surface area (Å²) in [5.74, 6) is 2.99. The quantitative estimate of drug-likeness (QED) is 0.509. The first kappa shape index (κ1) is 19.7. The van der Waals surface area contributed by atoms with Crippen molar-refractivity contribution in [1.82, 2.24) is 0 Å². The van der Waals surface area contributed by atoms with Gasteiger partial charge in [-0.05, 0) is 92.3 Å². The summed E-state index contributed by atoms with van der Waals surface area (Å²) >= 11 is 0. The van der Waals surface area contributed by atoms with Gasteiger partial charge in [0.05, 0.1) is 11.7 Å². The van der Waals surface area contributed by atoms with Gasteiger partial charge < -0.3 is 4.74 Å². The van der Waals surface area contributed by atoms with Gasteiger partial charge in [0.25, 0.3) is 0 Å². The largest absolute Gasteiger partial charge is 0.371 e. The Hall–Kier alpha value is -0.0400. The normalized spacial score (nSPS) is 38.6. The molecule has 0 spiro atoms. The zero-order chi connectivity index (χ0) is 18.7. The summed E-state index contributed by atoms with van der Waals surface area (Å²) in [7, 11) is 0.